The molecule has 0 aromatic heterocycles. The molecule has 4 amide bonds. The quantitative estimate of drug-likeness (QED) is 0.759. The van der Waals surface area contributed by atoms with Crippen molar-refractivity contribution in [2.45, 2.75) is 32.1 Å². The lowest BCUT2D eigenvalue weighted by atomic mass is 9.71. The summed E-state index contributed by atoms with van der Waals surface area (Å²) in [5, 5.41) is 2.35. The van der Waals surface area contributed by atoms with Gasteiger partial charge in [-0.2, -0.15) is 0 Å². The molecule has 1 heterocycles. The van der Waals surface area contributed by atoms with Crippen LogP contribution in [-0.4, -0.2) is 54.8 Å². The maximum atomic E-state index is 12.6. The monoisotopic (exact) mass is 267 g/mol. The van der Waals surface area contributed by atoms with Crippen LogP contribution in [0.3, 0.4) is 0 Å². The molecule has 0 unspecified atom stereocenters. The van der Waals surface area contributed by atoms with E-state index in [1.807, 2.05) is 19.0 Å². The Balaban J connectivity index is 2.18. The summed E-state index contributed by atoms with van der Waals surface area (Å²) in [6.45, 7) is 0.927. The fraction of sp³-hybridized carbons (Fsp3) is 0.769. The lowest BCUT2D eigenvalue weighted by Crippen LogP contribution is -2.65. The number of rotatable bonds is 3. The number of imide groups is 2. The zero-order chi connectivity index (χ0) is 14.0. The Morgan fingerprint density at radius 1 is 1.16 bits per heavy atom. The highest BCUT2D eigenvalue weighted by molar-refractivity contribution is 6.19. The van der Waals surface area contributed by atoms with Crippen molar-refractivity contribution in [1.29, 1.82) is 0 Å². The molecule has 2 fully saturated rings. The molecule has 1 aliphatic heterocycles. The number of barbiturate groups is 1. The van der Waals surface area contributed by atoms with E-state index in [9.17, 15) is 14.4 Å². The highest BCUT2D eigenvalue weighted by atomic mass is 16.2. The van der Waals surface area contributed by atoms with E-state index in [-0.39, 0.29) is 5.91 Å². The van der Waals surface area contributed by atoms with Gasteiger partial charge in [-0.05, 0) is 26.9 Å². The number of carbonyl (C=O) groups is 3. The standard InChI is InChI=1S/C13H21N3O3/c1-15(2)8-9-16-11(18)13(6-4-3-5-7-13)10(17)14-12(16)19/h3-9H2,1-2H3,(H,14,17,19). The van der Waals surface area contributed by atoms with Gasteiger partial charge in [-0.25, -0.2) is 4.79 Å². The average Bonchev–Trinajstić information content (AvgIpc) is 2.37. The minimum absolute atomic E-state index is 0.303. The van der Waals surface area contributed by atoms with Gasteiger partial charge < -0.3 is 4.90 Å². The Kier molecular flexibility index (Phi) is 3.89. The third kappa shape index (κ3) is 2.49. The third-order valence-electron chi connectivity index (χ3n) is 4.03. The molecule has 0 radical (unpaired) electrons. The van der Waals surface area contributed by atoms with Crippen LogP contribution in [0.5, 0.6) is 0 Å². The van der Waals surface area contributed by atoms with Gasteiger partial charge in [-0.1, -0.05) is 19.3 Å². The molecule has 0 atom stereocenters. The van der Waals surface area contributed by atoms with Crippen LogP contribution in [0.25, 0.3) is 0 Å². The van der Waals surface area contributed by atoms with Crippen molar-refractivity contribution >= 4 is 17.8 Å². The van der Waals surface area contributed by atoms with Gasteiger partial charge in [0.1, 0.15) is 5.41 Å². The van der Waals surface area contributed by atoms with Gasteiger partial charge in [0, 0.05) is 13.1 Å². The topological polar surface area (TPSA) is 69.7 Å². The molecule has 1 N–H and O–H groups in total. The normalized spacial score (nSPS) is 23.1. The Morgan fingerprint density at radius 3 is 2.37 bits per heavy atom. The predicted octanol–water partition coefficient (Wildman–Crippen LogP) is 0.577. The van der Waals surface area contributed by atoms with Crippen molar-refractivity contribution in [2.75, 3.05) is 27.2 Å². The molecule has 6 heteroatoms. The average molecular weight is 267 g/mol. The van der Waals surface area contributed by atoms with Crippen LogP contribution in [0.4, 0.5) is 4.79 Å². The minimum Gasteiger partial charge on any atom is -0.308 e. The number of amides is 4. The molecule has 1 saturated heterocycles. The predicted molar refractivity (Wildman–Crippen MR) is 69.3 cm³/mol. The summed E-state index contributed by atoms with van der Waals surface area (Å²) in [4.78, 5) is 39.6. The Bertz CT molecular complexity index is 400. The van der Waals surface area contributed by atoms with Gasteiger partial charge in [0.15, 0.2) is 0 Å². The molecule has 1 aliphatic carbocycles. The van der Waals surface area contributed by atoms with E-state index in [1.165, 1.54) is 4.90 Å². The molecule has 19 heavy (non-hydrogen) atoms. The molecule has 0 bridgehead atoms. The van der Waals surface area contributed by atoms with Gasteiger partial charge in [-0.15, -0.1) is 0 Å². The first-order valence-corrected chi connectivity index (χ1v) is 6.79. The smallest absolute Gasteiger partial charge is 0.308 e. The van der Waals surface area contributed by atoms with E-state index < -0.39 is 17.4 Å². The minimum atomic E-state index is -0.988. The maximum Gasteiger partial charge on any atom is 0.330 e. The van der Waals surface area contributed by atoms with E-state index in [0.717, 1.165) is 19.3 Å². The van der Waals surface area contributed by atoms with Crippen LogP contribution in [0.15, 0.2) is 0 Å². The van der Waals surface area contributed by atoms with Crippen LogP contribution in [-0.2, 0) is 9.59 Å². The van der Waals surface area contributed by atoms with Crippen molar-refractivity contribution in [3.05, 3.63) is 0 Å². The van der Waals surface area contributed by atoms with E-state index in [1.54, 1.807) is 0 Å². The number of urea groups is 1. The Hall–Kier alpha value is -1.43. The number of likely N-dealkylation sites (N-methyl/N-ethyl adjacent to an activating group) is 1. The molecule has 2 aliphatic rings. The van der Waals surface area contributed by atoms with Crippen molar-refractivity contribution in [3.8, 4) is 0 Å². The number of hydrogen-bond acceptors (Lipinski definition) is 4. The first kappa shape index (κ1) is 14.0. The van der Waals surface area contributed by atoms with Crippen LogP contribution in [0, 0.1) is 5.41 Å². The number of nitrogens with zero attached hydrogens (tertiary/aromatic N) is 2. The van der Waals surface area contributed by atoms with Crippen molar-refractivity contribution in [3.63, 3.8) is 0 Å². The summed E-state index contributed by atoms with van der Waals surface area (Å²) >= 11 is 0. The molecule has 0 aromatic rings. The van der Waals surface area contributed by atoms with Crippen molar-refractivity contribution in [1.82, 2.24) is 15.1 Å². The van der Waals surface area contributed by atoms with Crippen LogP contribution in [0.1, 0.15) is 32.1 Å². The summed E-state index contributed by atoms with van der Waals surface area (Å²) in [5.41, 5.74) is -0.988. The first-order valence-electron chi connectivity index (χ1n) is 6.79. The number of carbonyl (C=O) groups excluding carboxylic acids is 3. The van der Waals surface area contributed by atoms with Gasteiger partial charge in [0.25, 0.3) is 0 Å². The highest BCUT2D eigenvalue weighted by Crippen LogP contribution is 2.39. The molecule has 1 spiro atoms. The second-order valence-corrected chi connectivity index (χ2v) is 5.66. The summed E-state index contributed by atoms with van der Waals surface area (Å²) in [6.07, 6.45) is 3.91. The zero-order valence-corrected chi connectivity index (χ0v) is 11.6. The molecule has 2 rings (SSSR count). The van der Waals surface area contributed by atoms with Gasteiger partial charge in [0.2, 0.25) is 11.8 Å². The molecule has 6 nitrogen and oxygen atoms in total. The lowest BCUT2D eigenvalue weighted by Gasteiger charge is -2.41. The SMILES string of the molecule is CN(C)CCN1C(=O)NC(=O)C2(CCCCC2)C1=O. The summed E-state index contributed by atoms with van der Waals surface area (Å²) in [5.74, 6) is -0.703. The largest absolute Gasteiger partial charge is 0.330 e. The Labute approximate surface area is 113 Å². The lowest BCUT2D eigenvalue weighted by molar-refractivity contribution is -0.154. The first-order chi connectivity index (χ1) is 8.97. The van der Waals surface area contributed by atoms with Crippen molar-refractivity contribution in [2.24, 2.45) is 5.41 Å². The maximum absolute atomic E-state index is 12.6. The van der Waals surface area contributed by atoms with Crippen LogP contribution < -0.4 is 5.32 Å². The highest BCUT2D eigenvalue weighted by Gasteiger charge is 2.53. The van der Waals surface area contributed by atoms with Gasteiger partial charge in [-0.3, -0.25) is 19.8 Å². The fourth-order valence-corrected chi connectivity index (χ4v) is 2.83. The summed E-state index contributed by atoms with van der Waals surface area (Å²) in [6, 6.07) is -0.576. The molecular weight excluding hydrogens is 246 g/mol. The van der Waals surface area contributed by atoms with Crippen molar-refractivity contribution < 1.29 is 14.4 Å². The van der Waals surface area contributed by atoms with E-state index >= 15 is 0 Å². The zero-order valence-electron chi connectivity index (χ0n) is 11.6. The molecule has 106 valence electrons. The second-order valence-electron chi connectivity index (χ2n) is 5.66. The van der Waals surface area contributed by atoms with Crippen LogP contribution in [0.2, 0.25) is 0 Å². The van der Waals surface area contributed by atoms with E-state index in [0.29, 0.717) is 25.9 Å². The summed E-state index contributed by atoms with van der Waals surface area (Å²) in [7, 11) is 3.77. The number of hydrogen-bond donors (Lipinski definition) is 1. The summed E-state index contributed by atoms with van der Waals surface area (Å²) < 4.78 is 0. The van der Waals surface area contributed by atoms with E-state index in [4.69, 9.17) is 0 Å². The van der Waals surface area contributed by atoms with Crippen LogP contribution >= 0.6 is 0 Å². The molecule has 1 saturated carbocycles. The fourth-order valence-electron chi connectivity index (χ4n) is 2.83. The Morgan fingerprint density at radius 2 is 1.79 bits per heavy atom. The number of nitrogens with one attached hydrogen (secondary N) is 1. The second kappa shape index (κ2) is 5.28. The molecular formula is C13H21N3O3. The van der Waals surface area contributed by atoms with Gasteiger partial charge in [0.05, 0.1) is 0 Å². The van der Waals surface area contributed by atoms with Gasteiger partial charge >= 0.3 is 6.03 Å². The molecule has 0 aromatic carbocycles. The van der Waals surface area contributed by atoms with E-state index in [2.05, 4.69) is 5.32 Å². The third-order valence-corrected chi connectivity index (χ3v) is 4.03.